The predicted molar refractivity (Wildman–Crippen MR) is 106 cm³/mol. The van der Waals surface area contributed by atoms with Crippen LogP contribution in [0.4, 0.5) is 9.18 Å². The lowest BCUT2D eigenvalue weighted by Gasteiger charge is -2.27. The molecule has 1 heterocycles. The summed E-state index contributed by atoms with van der Waals surface area (Å²) in [5.41, 5.74) is 2.50. The summed E-state index contributed by atoms with van der Waals surface area (Å²) in [7, 11) is 1.75. The van der Waals surface area contributed by atoms with Crippen molar-refractivity contribution < 1.29 is 9.18 Å². The number of urea groups is 1. The van der Waals surface area contributed by atoms with Crippen LogP contribution >= 0.6 is 0 Å². The first-order valence-corrected chi connectivity index (χ1v) is 9.17. The number of carbonyl (C=O) groups is 1. The zero-order valence-corrected chi connectivity index (χ0v) is 16.2. The van der Waals surface area contributed by atoms with Gasteiger partial charge in [-0.25, -0.2) is 18.9 Å². The first-order valence-electron chi connectivity index (χ1n) is 9.17. The van der Waals surface area contributed by atoms with Gasteiger partial charge in [0.05, 0.1) is 11.7 Å². The number of benzene rings is 2. The molecule has 0 spiro atoms. The normalized spacial score (nSPS) is 13.0. The molecule has 0 saturated carbocycles. The molecule has 6 nitrogen and oxygen atoms in total. The van der Waals surface area contributed by atoms with E-state index in [1.807, 2.05) is 38.1 Å². The van der Waals surface area contributed by atoms with E-state index in [4.69, 9.17) is 0 Å². The Bertz CT molecular complexity index is 911. The van der Waals surface area contributed by atoms with E-state index in [9.17, 15) is 9.18 Å². The van der Waals surface area contributed by atoms with Crippen LogP contribution < -0.4 is 5.32 Å². The van der Waals surface area contributed by atoms with Crippen LogP contribution in [-0.2, 0) is 6.42 Å². The van der Waals surface area contributed by atoms with Crippen molar-refractivity contribution >= 4 is 6.03 Å². The molecule has 2 atom stereocenters. The third kappa shape index (κ3) is 4.54. The second kappa shape index (κ2) is 8.65. The van der Waals surface area contributed by atoms with E-state index in [2.05, 4.69) is 15.4 Å². The fourth-order valence-corrected chi connectivity index (χ4v) is 3.00. The van der Waals surface area contributed by atoms with E-state index >= 15 is 0 Å². The van der Waals surface area contributed by atoms with Crippen LogP contribution in [0.1, 0.15) is 31.0 Å². The lowest BCUT2D eigenvalue weighted by molar-refractivity contribution is 0.191. The van der Waals surface area contributed by atoms with E-state index in [1.165, 1.54) is 12.4 Å². The summed E-state index contributed by atoms with van der Waals surface area (Å²) in [6.07, 6.45) is 3.55. The molecule has 2 aromatic carbocycles. The molecule has 146 valence electrons. The molecule has 7 heteroatoms. The van der Waals surface area contributed by atoms with Crippen molar-refractivity contribution in [3.8, 4) is 5.69 Å². The van der Waals surface area contributed by atoms with Crippen molar-refractivity contribution in [2.24, 2.45) is 0 Å². The van der Waals surface area contributed by atoms with Crippen LogP contribution in [0.25, 0.3) is 5.69 Å². The quantitative estimate of drug-likeness (QED) is 0.707. The Balaban J connectivity index is 1.60. The van der Waals surface area contributed by atoms with Crippen molar-refractivity contribution in [3.63, 3.8) is 0 Å². The third-order valence-electron chi connectivity index (χ3n) is 4.81. The first-order chi connectivity index (χ1) is 13.5. The number of halogens is 1. The third-order valence-corrected chi connectivity index (χ3v) is 4.81. The summed E-state index contributed by atoms with van der Waals surface area (Å²) < 4.78 is 15.5. The molecule has 2 unspecified atom stereocenters. The second-order valence-corrected chi connectivity index (χ2v) is 6.86. The lowest BCUT2D eigenvalue weighted by atomic mass is 10.1. The zero-order valence-electron chi connectivity index (χ0n) is 16.2. The predicted octanol–water partition coefficient (Wildman–Crippen LogP) is 3.74. The highest BCUT2D eigenvalue weighted by molar-refractivity contribution is 5.74. The van der Waals surface area contributed by atoms with Crippen LogP contribution in [-0.4, -0.2) is 38.8 Å². The van der Waals surface area contributed by atoms with E-state index in [0.29, 0.717) is 12.0 Å². The summed E-state index contributed by atoms with van der Waals surface area (Å²) in [6, 6.07) is 13.9. The average Bonchev–Trinajstić information content (AvgIpc) is 3.23. The minimum absolute atomic E-state index is 0.120. The summed E-state index contributed by atoms with van der Waals surface area (Å²) >= 11 is 0. The fourth-order valence-electron chi connectivity index (χ4n) is 3.00. The Labute approximate surface area is 164 Å². The Morgan fingerprint density at radius 1 is 1.18 bits per heavy atom. The van der Waals surface area contributed by atoms with Gasteiger partial charge in [-0.1, -0.05) is 30.3 Å². The van der Waals surface area contributed by atoms with E-state index < -0.39 is 0 Å². The number of hydrogen-bond acceptors (Lipinski definition) is 3. The van der Waals surface area contributed by atoms with Gasteiger partial charge in [0.15, 0.2) is 0 Å². The molecule has 0 saturated heterocycles. The van der Waals surface area contributed by atoms with Gasteiger partial charge in [-0.3, -0.25) is 0 Å². The van der Waals surface area contributed by atoms with Gasteiger partial charge >= 0.3 is 6.03 Å². The average molecular weight is 381 g/mol. The molecule has 0 bridgehead atoms. The number of amides is 2. The molecule has 1 aromatic heterocycles. The Morgan fingerprint density at radius 2 is 1.89 bits per heavy atom. The Morgan fingerprint density at radius 3 is 2.54 bits per heavy atom. The number of aromatic nitrogens is 3. The smallest absolute Gasteiger partial charge is 0.317 e. The van der Waals surface area contributed by atoms with Crippen LogP contribution in [0.5, 0.6) is 0 Å². The summed E-state index contributed by atoms with van der Waals surface area (Å²) in [4.78, 5) is 18.2. The molecular weight excluding hydrogens is 357 g/mol. The van der Waals surface area contributed by atoms with Crippen molar-refractivity contribution in [1.29, 1.82) is 0 Å². The molecule has 0 fully saturated rings. The van der Waals surface area contributed by atoms with Gasteiger partial charge < -0.3 is 10.2 Å². The highest BCUT2D eigenvalue weighted by Crippen LogP contribution is 2.20. The highest BCUT2D eigenvalue weighted by atomic mass is 19.1. The van der Waals surface area contributed by atoms with E-state index in [0.717, 1.165) is 11.3 Å². The van der Waals surface area contributed by atoms with Crippen LogP contribution in [0.15, 0.2) is 61.2 Å². The second-order valence-electron chi connectivity index (χ2n) is 6.86. The molecule has 2 amide bonds. The number of carbonyl (C=O) groups excluding carboxylic acids is 1. The largest absolute Gasteiger partial charge is 0.335 e. The number of hydrogen-bond donors (Lipinski definition) is 1. The standard InChI is InChI=1S/C21H24FN5O/c1-15(12-18-6-4-5-7-20(18)22)25-21(28)26(3)16(2)17-8-10-19(11-9-17)27-14-23-13-24-27/h4-11,13-16H,12H2,1-3H3,(H,25,28). The Hall–Kier alpha value is -3.22. The van der Waals surface area contributed by atoms with Crippen molar-refractivity contribution in [2.75, 3.05) is 7.05 Å². The molecule has 0 aliphatic heterocycles. The minimum atomic E-state index is -0.252. The molecule has 3 rings (SSSR count). The van der Waals surface area contributed by atoms with Crippen LogP contribution in [0, 0.1) is 5.82 Å². The van der Waals surface area contributed by atoms with Gasteiger partial charge in [0.25, 0.3) is 0 Å². The van der Waals surface area contributed by atoms with Gasteiger partial charge in [0.1, 0.15) is 18.5 Å². The van der Waals surface area contributed by atoms with E-state index in [1.54, 1.807) is 41.2 Å². The topological polar surface area (TPSA) is 63.1 Å². The summed E-state index contributed by atoms with van der Waals surface area (Å²) in [5.74, 6) is -0.252. The van der Waals surface area contributed by atoms with Crippen molar-refractivity contribution in [2.45, 2.75) is 32.4 Å². The zero-order chi connectivity index (χ0) is 20.1. The van der Waals surface area contributed by atoms with E-state index in [-0.39, 0.29) is 23.9 Å². The van der Waals surface area contributed by atoms with Gasteiger partial charge in [0.2, 0.25) is 0 Å². The highest BCUT2D eigenvalue weighted by Gasteiger charge is 2.19. The lowest BCUT2D eigenvalue weighted by Crippen LogP contribution is -2.43. The van der Waals surface area contributed by atoms with Crippen LogP contribution in [0.2, 0.25) is 0 Å². The SMILES string of the molecule is CC(Cc1ccccc1F)NC(=O)N(C)C(C)c1ccc(-n2cncn2)cc1. The monoisotopic (exact) mass is 381 g/mol. The maximum Gasteiger partial charge on any atom is 0.317 e. The molecular formula is C21H24FN5O. The fraction of sp³-hybridized carbons (Fsp3) is 0.286. The van der Waals surface area contributed by atoms with Gasteiger partial charge in [-0.2, -0.15) is 5.10 Å². The molecule has 28 heavy (non-hydrogen) atoms. The summed E-state index contributed by atoms with van der Waals surface area (Å²) in [5, 5.41) is 7.04. The van der Waals surface area contributed by atoms with Crippen molar-refractivity contribution in [1.82, 2.24) is 25.0 Å². The first kappa shape index (κ1) is 19.5. The van der Waals surface area contributed by atoms with Crippen LogP contribution in [0.3, 0.4) is 0 Å². The molecule has 3 aromatic rings. The van der Waals surface area contributed by atoms with Crippen molar-refractivity contribution in [3.05, 3.63) is 78.1 Å². The molecule has 0 aliphatic carbocycles. The number of nitrogens with one attached hydrogen (secondary N) is 1. The maximum absolute atomic E-state index is 13.8. The minimum Gasteiger partial charge on any atom is -0.335 e. The summed E-state index contributed by atoms with van der Waals surface area (Å²) in [6.45, 7) is 3.83. The molecule has 0 radical (unpaired) electrons. The molecule has 1 N–H and O–H groups in total. The van der Waals surface area contributed by atoms with Gasteiger partial charge in [-0.15, -0.1) is 0 Å². The van der Waals surface area contributed by atoms with Gasteiger partial charge in [0, 0.05) is 13.1 Å². The van der Waals surface area contributed by atoms with Gasteiger partial charge in [-0.05, 0) is 49.6 Å². The molecule has 0 aliphatic rings. The number of nitrogens with zero attached hydrogens (tertiary/aromatic N) is 4. The number of rotatable bonds is 6. The maximum atomic E-state index is 13.8. The Kier molecular flexibility index (Phi) is 6.03.